The van der Waals surface area contributed by atoms with Gasteiger partial charge in [-0.05, 0) is 57.9 Å². The maximum atomic E-state index is 2.78. The summed E-state index contributed by atoms with van der Waals surface area (Å²) in [5.41, 5.74) is 0. The summed E-state index contributed by atoms with van der Waals surface area (Å²) in [6.07, 6.45) is 11.7. The number of hydrogen-bond donors (Lipinski definition) is 0. The number of likely N-dealkylation sites (tertiary alicyclic amines) is 1. The van der Waals surface area contributed by atoms with Crippen LogP contribution in [-0.4, -0.2) is 23.5 Å². The minimum Gasteiger partial charge on any atom is -0.298 e. The first-order valence-electron chi connectivity index (χ1n) is 7.92. The van der Waals surface area contributed by atoms with Crippen molar-refractivity contribution in [2.45, 2.75) is 84.2 Å². The molecule has 0 aromatic heterocycles. The van der Waals surface area contributed by atoms with E-state index in [1.54, 1.807) is 0 Å². The van der Waals surface area contributed by atoms with Crippen molar-refractivity contribution in [2.24, 2.45) is 11.8 Å². The Labute approximate surface area is 108 Å². The Balaban J connectivity index is 1.76. The van der Waals surface area contributed by atoms with Gasteiger partial charge >= 0.3 is 0 Å². The molecule has 0 aromatic carbocycles. The minimum atomic E-state index is 0.833. The fraction of sp³-hybridized carbons (Fsp3) is 1.00. The molecule has 17 heavy (non-hydrogen) atoms. The molecule has 1 nitrogen and oxygen atoms in total. The van der Waals surface area contributed by atoms with Crippen molar-refractivity contribution in [3.05, 3.63) is 0 Å². The van der Waals surface area contributed by atoms with E-state index in [1.165, 1.54) is 57.9 Å². The Morgan fingerprint density at radius 1 is 0.882 bits per heavy atom. The minimum absolute atomic E-state index is 0.833. The Kier molecular flexibility index (Phi) is 4.90. The van der Waals surface area contributed by atoms with Crippen molar-refractivity contribution in [1.82, 2.24) is 4.90 Å². The molecule has 0 N–H and O–H groups in total. The first kappa shape index (κ1) is 13.4. The van der Waals surface area contributed by atoms with Gasteiger partial charge in [0.15, 0.2) is 0 Å². The Hall–Kier alpha value is -0.0400. The lowest BCUT2D eigenvalue weighted by Crippen LogP contribution is -2.44. The molecule has 0 radical (unpaired) electrons. The highest BCUT2D eigenvalue weighted by molar-refractivity contribution is 4.81. The van der Waals surface area contributed by atoms with Gasteiger partial charge in [-0.3, -0.25) is 4.90 Å². The van der Waals surface area contributed by atoms with Crippen LogP contribution in [0, 0.1) is 11.8 Å². The standard InChI is InChI=1S/C16H31N/c1-13-6-4-9-16(12-13)10-11-17-14(2)7-5-8-15(17)3/h13-16H,4-12H2,1-3H3/t13-,14-,15+,16-/m1/s1. The smallest absolute Gasteiger partial charge is 0.00697 e. The van der Waals surface area contributed by atoms with Gasteiger partial charge in [0.25, 0.3) is 0 Å². The zero-order valence-electron chi connectivity index (χ0n) is 12.1. The highest BCUT2D eigenvalue weighted by Crippen LogP contribution is 2.32. The Bertz CT molecular complexity index is 216. The van der Waals surface area contributed by atoms with E-state index in [4.69, 9.17) is 0 Å². The molecule has 100 valence electrons. The first-order valence-corrected chi connectivity index (χ1v) is 7.92. The molecule has 2 rings (SSSR count). The van der Waals surface area contributed by atoms with Crippen LogP contribution in [-0.2, 0) is 0 Å². The van der Waals surface area contributed by atoms with Gasteiger partial charge in [-0.2, -0.15) is 0 Å². The molecule has 1 heterocycles. The van der Waals surface area contributed by atoms with E-state index < -0.39 is 0 Å². The van der Waals surface area contributed by atoms with Gasteiger partial charge < -0.3 is 0 Å². The maximum Gasteiger partial charge on any atom is 0.00697 e. The molecule has 1 aliphatic carbocycles. The normalized spacial score (nSPS) is 40.4. The first-order chi connectivity index (χ1) is 8.16. The third-order valence-electron chi connectivity index (χ3n) is 5.22. The molecule has 2 aliphatic rings. The summed E-state index contributed by atoms with van der Waals surface area (Å²) in [6, 6.07) is 1.67. The van der Waals surface area contributed by atoms with Gasteiger partial charge in [0.1, 0.15) is 0 Å². The largest absolute Gasteiger partial charge is 0.298 e. The van der Waals surface area contributed by atoms with Crippen LogP contribution in [0.2, 0.25) is 0 Å². The van der Waals surface area contributed by atoms with Crippen LogP contribution in [0.5, 0.6) is 0 Å². The Morgan fingerprint density at radius 2 is 1.53 bits per heavy atom. The van der Waals surface area contributed by atoms with Gasteiger partial charge in [0.2, 0.25) is 0 Å². The third-order valence-corrected chi connectivity index (χ3v) is 5.22. The van der Waals surface area contributed by atoms with E-state index in [1.807, 2.05) is 0 Å². The molecule has 1 saturated heterocycles. The second kappa shape index (κ2) is 6.22. The van der Waals surface area contributed by atoms with Crippen LogP contribution in [0.15, 0.2) is 0 Å². The summed E-state index contributed by atoms with van der Waals surface area (Å²) in [4.78, 5) is 2.78. The highest BCUT2D eigenvalue weighted by Gasteiger charge is 2.26. The monoisotopic (exact) mass is 237 g/mol. The van der Waals surface area contributed by atoms with Crippen molar-refractivity contribution in [3.8, 4) is 0 Å². The molecule has 2 fully saturated rings. The second-order valence-corrected chi connectivity index (χ2v) is 6.79. The lowest BCUT2D eigenvalue weighted by Gasteiger charge is -2.40. The van der Waals surface area contributed by atoms with Gasteiger partial charge in [-0.1, -0.05) is 32.6 Å². The maximum absolute atomic E-state index is 2.78. The van der Waals surface area contributed by atoms with Crippen molar-refractivity contribution >= 4 is 0 Å². The average molecular weight is 237 g/mol. The fourth-order valence-corrected chi connectivity index (χ4v) is 4.07. The summed E-state index contributed by atoms with van der Waals surface area (Å²) >= 11 is 0. The quantitative estimate of drug-likeness (QED) is 0.700. The third kappa shape index (κ3) is 3.71. The van der Waals surface area contributed by atoms with Gasteiger partial charge in [0, 0.05) is 12.1 Å². The van der Waals surface area contributed by atoms with Crippen molar-refractivity contribution < 1.29 is 0 Å². The molecule has 0 bridgehead atoms. The molecule has 0 amide bonds. The molecule has 4 atom stereocenters. The van der Waals surface area contributed by atoms with E-state index in [-0.39, 0.29) is 0 Å². The summed E-state index contributed by atoms with van der Waals surface area (Å²) in [5, 5.41) is 0. The summed E-state index contributed by atoms with van der Waals surface area (Å²) in [7, 11) is 0. The zero-order chi connectivity index (χ0) is 12.3. The number of nitrogens with zero attached hydrogens (tertiary/aromatic N) is 1. The molecule has 0 unspecified atom stereocenters. The SMILES string of the molecule is C[C@@H]1CCC[C@H](CCN2[C@H](C)CCC[C@@H]2C)C1. The van der Waals surface area contributed by atoms with Gasteiger partial charge in [-0.15, -0.1) is 0 Å². The number of rotatable bonds is 3. The van der Waals surface area contributed by atoms with E-state index in [0.29, 0.717) is 0 Å². The second-order valence-electron chi connectivity index (χ2n) is 6.79. The lowest BCUT2D eigenvalue weighted by molar-refractivity contribution is 0.0905. The topological polar surface area (TPSA) is 3.24 Å². The molecule has 1 aliphatic heterocycles. The van der Waals surface area contributed by atoms with E-state index in [2.05, 4.69) is 25.7 Å². The molecular weight excluding hydrogens is 206 g/mol. The molecular formula is C16H31N. The van der Waals surface area contributed by atoms with Crippen molar-refractivity contribution in [3.63, 3.8) is 0 Å². The van der Waals surface area contributed by atoms with Crippen LogP contribution in [0.1, 0.15) is 72.1 Å². The van der Waals surface area contributed by atoms with Crippen LogP contribution < -0.4 is 0 Å². The molecule has 1 heteroatoms. The van der Waals surface area contributed by atoms with E-state index in [0.717, 1.165) is 23.9 Å². The summed E-state index contributed by atoms with van der Waals surface area (Å²) in [5.74, 6) is 2.02. The average Bonchev–Trinajstić information content (AvgIpc) is 2.28. The number of piperidine rings is 1. The highest BCUT2D eigenvalue weighted by atomic mass is 15.2. The van der Waals surface area contributed by atoms with Gasteiger partial charge in [0.05, 0.1) is 0 Å². The number of hydrogen-bond acceptors (Lipinski definition) is 1. The molecule has 0 spiro atoms. The molecule has 1 saturated carbocycles. The predicted molar refractivity (Wildman–Crippen MR) is 75.2 cm³/mol. The van der Waals surface area contributed by atoms with Gasteiger partial charge in [-0.25, -0.2) is 0 Å². The fourth-order valence-electron chi connectivity index (χ4n) is 4.07. The van der Waals surface area contributed by atoms with Crippen molar-refractivity contribution in [1.29, 1.82) is 0 Å². The molecule has 0 aromatic rings. The summed E-state index contributed by atoms with van der Waals surface area (Å²) < 4.78 is 0. The van der Waals surface area contributed by atoms with E-state index in [9.17, 15) is 0 Å². The predicted octanol–water partition coefficient (Wildman–Crippen LogP) is 4.47. The van der Waals surface area contributed by atoms with Crippen LogP contribution in [0.4, 0.5) is 0 Å². The lowest BCUT2D eigenvalue weighted by atomic mass is 9.80. The van der Waals surface area contributed by atoms with Crippen LogP contribution in [0.25, 0.3) is 0 Å². The van der Waals surface area contributed by atoms with Crippen LogP contribution in [0.3, 0.4) is 0 Å². The van der Waals surface area contributed by atoms with E-state index >= 15 is 0 Å². The van der Waals surface area contributed by atoms with Crippen molar-refractivity contribution in [2.75, 3.05) is 6.54 Å². The summed E-state index contributed by atoms with van der Waals surface area (Å²) in [6.45, 7) is 8.66. The van der Waals surface area contributed by atoms with Crippen LogP contribution >= 0.6 is 0 Å². The zero-order valence-corrected chi connectivity index (χ0v) is 12.1. The Morgan fingerprint density at radius 3 is 2.18 bits per heavy atom.